The van der Waals surface area contributed by atoms with Gasteiger partial charge in [-0.15, -0.1) is 0 Å². The van der Waals surface area contributed by atoms with Gasteiger partial charge >= 0.3 is 5.97 Å². The first-order valence-electron chi connectivity index (χ1n) is 5.65. The van der Waals surface area contributed by atoms with Crippen LogP contribution in [0.3, 0.4) is 0 Å². The van der Waals surface area contributed by atoms with Gasteiger partial charge < -0.3 is 10.4 Å². The van der Waals surface area contributed by atoms with Crippen molar-refractivity contribution < 1.29 is 14.7 Å². The van der Waals surface area contributed by atoms with Crippen molar-refractivity contribution in [3.8, 4) is 0 Å². The van der Waals surface area contributed by atoms with E-state index in [0.29, 0.717) is 6.54 Å². The smallest absolute Gasteiger partial charge is 0.318 e. The van der Waals surface area contributed by atoms with E-state index >= 15 is 0 Å². The van der Waals surface area contributed by atoms with Gasteiger partial charge in [0.1, 0.15) is 5.41 Å². The Kier molecular flexibility index (Phi) is 4.97. The van der Waals surface area contributed by atoms with Crippen LogP contribution in [0.1, 0.15) is 47.5 Å². The van der Waals surface area contributed by atoms with Gasteiger partial charge in [0.05, 0.1) is 0 Å². The molecule has 0 aromatic rings. The highest BCUT2D eigenvalue weighted by molar-refractivity contribution is 6.00. The molecule has 0 rings (SSSR count). The van der Waals surface area contributed by atoms with Gasteiger partial charge in [-0.1, -0.05) is 27.2 Å². The maximum atomic E-state index is 11.7. The van der Waals surface area contributed by atoms with E-state index in [2.05, 4.69) is 26.1 Å². The Morgan fingerprint density at radius 1 is 1.19 bits per heavy atom. The van der Waals surface area contributed by atoms with Crippen molar-refractivity contribution in [1.82, 2.24) is 5.32 Å². The van der Waals surface area contributed by atoms with Gasteiger partial charge in [-0.05, 0) is 25.7 Å². The predicted octanol–water partition coefficient (Wildman–Crippen LogP) is 2.04. The highest BCUT2D eigenvalue weighted by Crippen LogP contribution is 2.22. The number of carbonyl (C=O) groups is 2. The second kappa shape index (κ2) is 5.32. The summed E-state index contributed by atoms with van der Waals surface area (Å²) in [4.78, 5) is 22.5. The first-order valence-corrected chi connectivity index (χ1v) is 5.65. The molecule has 1 amide bonds. The van der Waals surface area contributed by atoms with Gasteiger partial charge in [0.2, 0.25) is 5.91 Å². The van der Waals surface area contributed by atoms with E-state index in [-0.39, 0.29) is 5.41 Å². The van der Waals surface area contributed by atoms with Gasteiger partial charge in [0.15, 0.2) is 0 Å². The van der Waals surface area contributed by atoms with E-state index in [1.807, 2.05) is 0 Å². The molecular formula is C12H23NO3. The Morgan fingerprint density at radius 3 is 2.06 bits per heavy atom. The van der Waals surface area contributed by atoms with Gasteiger partial charge in [0, 0.05) is 6.54 Å². The highest BCUT2D eigenvalue weighted by Gasteiger charge is 2.36. The molecule has 0 fully saturated rings. The van der Waals surface area contributed by atoms with Crippen LogP contribution in [-0.2, 0) is 9.59 Å². The number of hydrogen-bond acceptors (Lipinski definition) is 2. The summed E-state index contributed by atoms with van der Waals surface area (Å²) in [6.45, 7) is 9.55. The summed E-state index contributed by atoms with van der Waals surface area (Å²) >= 11 is 0. The van der Waals surface area contributed by atoms with E-state index in [4.69, 9.17) is 5.11 Å². The number of nitrogens with one attached hydrogen (secondary N) is 1. The van der Waals surface area contributed by atoms with Crippen molar-refractivity contribution in [3.05, 3.63) is 0 Å². The van der Waals surface area contributed by atoms with Crippen LogP contribution in [0.2, 0.25) is 0 Å². The standard InChI is InChI=1S/C12H23NO3/c1-6-7-11(2,3)8-13-9(14)12(4,5)10(15)16/h6-8H2,1-5H3,(H,13,14)(H,15,16). The van der Waals surface area contributed by atoms with Crippen LogP contribution in [-0.4, -0.2) is 23.5 Å². The molecule has 0 unspecified atom stereocenters. The van der Waals surface area contributed by atoms with Gasteiger partial charge in [0.25, 0.3) is 0 Å². The molecule has 2 N–H and O–H groups in total. The number of amides is 1. The van der Waals surface area contributed by atoms with E-state index in [9.17, 15) is 9.59 Å². The molecule has 0 saturated heterocycles. The Bertz CT molecular complexity index is 269. The summed E-state index contributed by atoms with van der Waals surface area (Å²) < 4.78 is 0. The van der Waals surface area contributed by atoms with E-state index in [1.165, 1.54) is 13.8 Å². The summed E-state index contributed by atoms with van der Waals surface area (Å²) in [5, 5.41) is 11.6. The largest absolute Gasteiger partial charge is 0.480 e. The van der Waals surface area contributed by atoms with Crippen LogP contribution in [0.25, 0.3) is 0 Å². The zero-order valence-electron chi connectivity index (χ0n) is 10.9. The molecule has 0 aliphatic heterocycles. The van der Waals surface area contributed by atoms with E-state index in [1.54, 1.807) is 0 Å². The number of carbonyl (C=O) groups excluding carboxylic acids is 1. The van der Waals surface area contributed by atoms with Crippen LogP contribution in [0, 0.1) is 10.8 Å². The molecule has 0 saturated carbocycles. The monoisotopic (exact) mass is 229 g/mol. The van der Waals surface area contributed by atoms with Crippen molar-refractivity contribution in [2.45, 2.75) is 47.5 Å². The number of aliphatic carboxylic acids is 1. The number of carboxylic acid groups (broad SMARTS) is 1. The summed E-state index contributed by atoms with van der Waals surface area (Å²) in [5.41, 5.74) is -1.35. The maximum absolute atomic E-state index is 11.7. The highest BCUT2D eigenvalue weighted by atomic mass is 16.4. The average Bonchev–Trinajstić information content (AvgIpc) is 2.13. The normalized spacial score (nSPS) is 12.3. The van der Waals surface area contributed by atoms with Crippen LogP contribution >= 0.6 is 0 Å². The molecule has 4 heteroatoms. The summed E-state index contributed by atoms with van der Waals surface area (Å²) in [7, 11) is 0. The molecule has 0 aliphatic rings. The molecule has 0 aliphatic carbocycles. The molecule has 0 bridgehead atoms. The number of rotatable bonds is 6. The molecule has 16 heavy (non-hydrogen) atoms. The van der Waals surface area contributed by atoms with Crippen molar-refractivity contribution in [2.24, 2.45) is 10.8 Å². The SMILES string of the molecule is CCCC(C)(C)CNC(=O)C(C)(C)C(=O)O. The molecule has 4 nitrogen and oxygen atoms in total. The van der Waals surface area contributed by atoms with Crippen molar-refractivity contribution in [2.75, 3.05) is 6.54 Å². The lowest BCUT2D eigenvalue weighted by Crippen LogP contribution is -2.45. The Morgan fingerprint density at radius 2 is 1.69 bits per heavy atom. The van der Waals surface area contributed by atoms with Crippen molar-refractivity contribution in [1.29, 1.82) is 0 Å². The first kappa shape index (κ1) is 14.9. The van der Waals surface area contributed by atoms with Gasteiger partial charge in [-0.2, -0.15) is 0 Å². The fraction of sp³-hybridized carbons (Fsp3) is 0.833. The minimum absolute atomic E-state index is 0.0129. The fourth-order valence-corrected chi connectivity index (χ4v) is 1.40. The Balaban J connectivity index is 4.33. The third-order valence-electron chi connectivity index (χ3n) is 2.76. The molecule has 0 radical (unpaired) electrons. The molecule has 94 valence electrons. The second-order valence-electron chi connectivity index (χ2n) is 5.53. The summed E-state index contributed by atoms with van der Waals surface area (Å²) in [5.74, 6) is -1.53. The van der Waals surface area contributed by atoms with Crippen LogP contribution in [0.15, 0.2) is 0 Å². The summed E-state index contributed by atoms with van der Waals surface area (Å²) in [6.07, 6.45) is 2.05. The fourth-order valence-electron chi connectivity index (χ4n) is 1.40. The van der Waals surface area contributed by atoms with Crippen LogP contribution in [0.4, 0.5) is 0 Å². The summed E-state index contributed by atoms with van der Waals surface area (Å²) in [6, 6.07) is 0. The van der Waals surface area contributed by atoms with Crippen molar-refractivity contribution >= 4 is 11.9 Å². The quantitative estimate of drug-likeness (QED) is 0.685. The maximum Gasteiger partial charge on any atom is 0.318 e. The molecule has 0 heterocycles. The molecular weight excluding hydrogens is 206 g/mol. The number of carboxylic acids is 1. The lowest BCUT2D eigenvalue weighted by Gasteiger charge is -2.26. The van der Waals surface area contributed by atoms with Crippen molar-refractivity contribution in [3.63, 3.8) is 0 Å². The van der Waals surface area contributed by atoms with Gasteiger partial charge in [-0.25, -0.2) is 0 Å². The minimum atomic E-state index is -1.36. The molecule has 0 aromatic carbocycles. The molecule has 0 aromatic heterocycles. The Hall–Kier alpha value is -1.06. The predicted molar refractivity (Wildman–Crippen MR) is 63.1 cm³/mol. The minimum Gasteiger partial charge on any atom is -0.480 e. The van der Waals surface area contributed by atoms with Gasteiger partial charge in [-0.3, -0.25) is 9.59 Å². The lowest BCUT2D eigenvalue weighted by atomic mass is 9.87. The van der Waals surface area contributed by atoms with E-state index < -0.39 is 17.3 Å². The van der Waals surface area contributed by atoms with Crippen LogP contribution < -0.4 is 5.32 Å². The average molecular weight is 229 g/mol. The second-order valence-corrected chi connectivity index (χ2v) is 5.53. The zero-order chi connectivity index (χ0) is 13.0. The zero-order valence-corrected chi connectivity index (χ0v) is 10.9. The third kappa shape index (κ3) is 4.21. The Labute approximate surface area is 97.4 Å². The topological polar surface area (TPSA) is 66.4 Å². The molecule has 0 spiro atoms. The first-order chi connectivity index (χ1) is 7.13. The lowest BCUT2D eigenvalue weighted by molar-refractivity contribution is -0.153. The number of hydrogen-bond donors (Lipinski definition) is 2. The van der Waals surface area contributed by atoms with Crippen LogP contribution in [0.5, 0.6) is 0 Å². The van der Waals surface area contributed by atoms with E-state index in [0.717, 1.165) is 12.8 Å². The third-order valence-corrected chi connectivity index (χ3v) is 2.76. The molecule has 0 atom stereocenters.